The molecular formula is C15H27N2O2+. The fraction of sp³-hybridized carbons (Fsp3) is 0.867. The van der Waals surface area contributed by atoms with E-state index in [1.807, 2.05) is 7.05 Å². The van der Waals surface area contributed by atoms with Gasteiger partial charge < -0.3 is 5.32 Å². The maximum atomic E-state index is 12.4. The molecule has 19 heavy (non-hydrogen) atoms. The van der Waals surface area contributed by atoms with Crippen molar-refractivity contribution in [3.8, 4) is 0 Å². The standard InChI is InChI=1S/C15H26N2O2/c1-3-12-8-7-9-13(16-15(12)19)17(2)11-6-4-5-10-14(17)18/h12-13H,3-11H2,1-2H3/p+1. The van der Waals surface area contributed by atoms with Gasteiger partial charge in [-0.3, -0.25) is 4.79 Å². The highest BCUT2D eigenvalue weighted by atomic mass is 16.2. The van der Waals surface area contributed by atoms with Crippen LogP contribution in [0.3, 0.4) is 0 Å². The van der Waals surface area contributed by atoms with Crippen LogP contribution in [0.2, 0.25) is 0 Å². The fourth-order valence-electron chi connectivity index (χ4n) is 3.46. The second-order valence-corrected chi connectivity index (χ2v) is 6.26. The molecule has 3 unspecified atom stereocenters. The van der Waals surface area contributed by atoms with Crippen LogP contribution in [-0.4, -0.2) is 36.1 Å². The highest BCUT2D eigenvalue weighted by Crippen LogP contribution is 2.27. The van der Waals surface area contributed by atoms with Crippen LogP contribution in [-0.2, 0) is 9.59 Å². The van der Waals surface area contributed by atoms with E-state index >= 15 is 0 Å². The minimum Gasteiger partial charge on any atom is -0.306 e. The summed E-state index contributed by atoms with van der Waals surface area (Å²) in [6.45, 7) is 2.94. The van der Waals surface area contributed by atoms with Crippen molar-refractivity contribution in [1.82, 2.24) is 5.32 Å². The molecule has 2 aliphatic rings. The Morgan fingerprint density at radius 2 is 1.95 bits per heavy atom. The minimum atomic E-state index is -0.00495. The lowest BCUT2D eigenvalue weighted by Gasteiger charge is -2.38. The third-order valence-corrected chi connectivity index (χ3v) is 4.97. The zero-order valence-electron chi connectivity index (χ0n) is 12.3. The molecule has 0 radical (unpaired) electrons. The van der Waals surface area contributed by atoms with Crippen molar-refractivity contribution in [1.29, 1.82) is 0 Å². The molecule has 3 atom stereocenters. The van der Waals surface area contributed by atoms with Gasteiger partial charge in [0.1, 0.15) is 0 Å². The summed E-state index contributed by atoms with van der Waals surface area (Å²) >= 11 is 0. The highest BCUT2D eigenvalue weighted by molar-refractivity contribution is 5.79. The fourth-order valence-corrected chi connectivity index (χ4v) is 3.46. The van der Waals surface area contributed by atoms with Gasteiger partial charge in [0.05, 0.1) is 20.0 Å². The number of nitrogens with zero attached hydrogens (tertiary/aromatic N) is 1. The number of carbonyl (C=O) groups is 2. The second-order valence-electron chi connectivity index (χ2n) is 6.26. The molecule has 2 fully saturated rings. The smallest absolute Gasteiger partial charge is 0.306 e. The summed E-state index contributed by atoms with van der Waals surface area (Å²) in [5, 5.41) is 3.16. The molecule has 4 heteroatoms. The van der Waals surface area contributed by atoms with Crippen LogP contribution in [0.4, 0.5) is 0 Å². The van der Waals surface area contributed by atoms with Crippen molar-refractivity contribution in [2.45, 2.75) is 64.5 Å². The largest absolute Gasteiger partial charge is 0.315 e. The molecule has 108 valence electrons. The monoisotopic (exact) mass is 267 g/mol. The number of quaternary nitrogens is 1. The third kappa shape index (κ3) is 2.99. The van der Waals surface area contributed by atoms with Crippen LogP contribution in [0.1, 0.15) is 58.3 Å². The zero-order valence-corrected chi connectivity index (χ0v) is 12.3. The van der Waals surface area contributed by atoms with Crippen molar-refractivity contribution < 1.29 is 14.1 Å². The lowest BCUT2D eigenvalue weighted by molar-refractivity contribution is -0.863. The molecule has 0 spiro atoms. The first-order chi connectivity index (χ1) is 9.08. The lowest BCUT2D eigenvalue weighted by Crippen LogP contribution is -2.62. The van der Waals surface area contributed by atoms with Crippen molar-refractivity contribution >= 4 is 11.8 Å². The Balaban J connectivity index is 2.14. The average molecular weight is 267 g/mol. The molecule has 2 aliphatic heterocycles. The van der Waals surface area contributed by atoms with Gasteiger partial charge in [-0.1, -0.05) is 6.92 Å². The maximum absolute atomic E-state index is 12.4. The molecule has 0 aromatic rings. The topological polar surface area (TPSA) is 46.2 Å². The molecule has 2 amide bonds. The van der Waals surface area contributed by atoms with Crippen molar-refractivity contribution in [2.75, 3.05) is 13.6 Å². The Kier molecular flexibility index (Phi) is 4.61. The molecule has 0 saturated carbocycles. The summed E-state index contributed by atoms with van der Waals surface area (Å²) < 4.78 is 0.419. The Bertz CT molecular complexity index is 356. The summed E-state index contributed by atoms with van der Waals surface area (Å²) in [5.41, 5.74) is 0. The van der Waals surface area contributed by atoms with Crippen LogP contribution < -0.4 is 5.32 Å². The molecule has 1 N–H and O–H groups in total. The van der Waals surface area contributed by atoms with Crippen molar-refractivity contribution in [2.24, 2.45) is 5.92 Å². The van der Waals surface area contributed by atoms with Gasteiger partial charge in [0, 0.05) is 12.3 Å². The summed E-state index contributed by atoms with van der Waals surface area (Å²) in [7, 11) is 2.02. The summed E-state index contributed by atoms with van der Waals surface area (Å²) in [4.78, 5) is 24.6. The van der Waals surface area contributed by atoms with E-state index < -0.39 is 0 Å². The molecule has 0 aromatic heterocycles. The Hall–Kier alpha value is -0.900. The summed E-state index contributed by atoms with van der Waals surface area (Å²) in [6, 6.07) is 0. The van der Waals surface area contributed by atoms with E-state index in [4.69, 9.17) is 0 Å². The van der Waals surface area contributed by atoms with Gasteiger partial charge >= 0.3 is 5.91 Å². The summed E-state index contributed by atoms with van der Waals surface area (Å²) in [6.07, 6.45) is 7.74. The van der Waals surface area contributed by atoms with E-state index in [9.17, 15) is 9.59 Å². The number of hydrogen-bond acceptors (Lipinski definition) is 2. The predicted molar refractivity (Wildman–Crippen MR) is 74.1 cm³/mol. The minimum absolute atomic E-state index is 0.00495. The van der Waals surface area contributed by atoms with E-state index in [1.54, 1.807) is 0 Å². The first-order valence-corrected chi connectivity index (χ1v) is 7.77. The molecule has 0 aromatic carbocycles. The van der Waals surface area contributed by atoms with Crippen molar-refractivity contribution in [3.63, 3.8) is 0 Å². The number of hydrogen-bond donors (Lipinski definition) is 1. The number of likely N-dealkylation sites (tertiary alicyclic amines) is 1. The van der Waals surface area contributed by atoms with E-state index in [0.717, 1.165) is 51.5 Å². The van der Waals surface area contributed by atoms with Crippen LogP contribution in [0.15, 0.2) is 0 Å². The van der Waals surface area contributed by atoms with E-state index in [0.29, 0.717) is 16.8 Å². The first kappa shape index (κ1) is 14.5. The van der Waals surface area contributed by atoms with Gasteiger partial charge in [-0.05, 0) is 38.5 Å². The Morgan fingerprint density at radius 1 is 1.16 bits per heavy atom. The number of nitrogens with one attached hydrogen (secondary N) is 1. The van der Waals surface area contributed by atoms with Gasteiger partial charge in [0.2, 0.25) is 5.91 Å². The van der Waals surface area contributed by atoms with E-state index in [2.05, 4.69) is 12.2 Å². The molecule has 2 rings (SSSR count). The van der Waals surface area contributed by atoms with Gasteiger partial charge in [-0.2, -0.15) is 0 Å². The SMILES string of the molecule is CCC1CCCC([N+]2(C)CCCCCC2=O)NC1=O. The zero-order chi connectivity index (χ0) is 13.9. The molecule has 0 aliphatic carbocycles. The predicted octanol–water partition coefficient (Wildman–Crippen LogP) is 2.19. The number of rotatable bonds is 2. The molecule has 4 nitrogen and oxygen atoms in total. The molecular weight excluding hydrogens is 240 g/mol. The first-order valence-electron chi connectivity index (χ1n) is 7.77. The highest BCUT2D eigenvalue weighted by Gasteiger charge is 2.42. The van der Waals surface area contributed by atoms with Gasteiger partial charge in [-0.25, -0.2) is 9.28 Å². The van der Waals surface area contributed by atoms with Crippen LogP contribution >= 0.6 is 0 Å². The quantitative estimate of drug-likeness (QED) is 0.780. The van der Waals surface area contributed by atoms with Crippen LogP contribution in [0.5, 0.6) is 0 Å². The third-order valence-electron chi connectivity index (χ3n) is 4.97. The molecule has 2 heterocycles. The van der Waals surface area contributed by atoms with Gasteiger partial charge in [0.25, 0.3) is 0 Å². The van der Waals surface area contributed by atoms with E-state index in [-0.39, 0.29) is 18.0 Å². The van der Waals surface area contributed by atoms with Crippen LogP contribution in [0, 0.1) is 5.92 Å². The summed E-state index contributed by atoms with van der Waals surface area (Å²) in [5.74, 6) is 0.595. The molecule has 2 saturated heterocycles. The normalized spacial score (nSPS) is 37.4. The number of carbonyl (C=O) groups excluding carboxylic acids is 2. The number of amides is 2. The lowest BCUT2D eigenvalue weighted by atomic mass is 10.00. The Labute approximate surface area is 116 Å². The van der Waals surface area contributed by atoms with Crippen LogP contribution in [0.25, 0.3) is 0 Å². The average Bonchev–Trinajstić information content (AvgIpc) is 2.68. The van der Waals surface area contributed by atoms with Gasteiger partial charge in [0.15, 0.2) is 6.17 Å². The molecule has 0 bridgehead atoms. The maximum Gasteiger partial charge on any atom is 0.315 e. The second kappa shape index (κ2) is 6.04. The van der Waals surface area contributed by atoms with Gasteiger partial charge in [-0.15, -0.1) is 0 Å². The van der Waals surface area contributed by atoms with E-state index in [1.165, 1.54) is 0 Å². The Morgan fingerprint density at radius 3 is 2.68 bits per heavy atom. The van der Waals surface area contributed by atoms with Crippen molar-refractivity contribution in [3.05, 3.63) is 0 Å².